The van der Waals surface area contributed by atoms with Gasteiger partial charge in [-0.1, -0.05) is 11.6 Å². The van der Waals surface area contributed by atoms with Crippen LogP contribution in [0.5, 0.6) is 0 Å². The molecule has 122 valence electrons. The van der Waals surface area contributed by atoms with E-state index in [0.717, 1.165) is 4.31 Å². The van der Waals surface area contributed by atoms with Gasteiger partial charge in [-0.2, -0.15) is 0 Å². The van der Waals surface area contributed by atoms with Crippen LogP contribution in [0.25, 0.3) is 6.08 Å². The second kappa shape index (κ2) is 6.99. The van der Waals surface area contributed by atoms with E-state index in [9.17, 15) is 13.2 Å². The highest BCUT2D eigenvalue weighted by molar-refractivity contribution is 7.89. The zero-order chi connectivity index (χ0) is 17.0. The van der Waals surface area contributed by atoms with Crippen molar-refractivity contribution in [3.05, 3.63) is 53.5 Å². The maximum Gasteiger partial charge on any atom is 0.248 e. The Morgan fingerprint density at radius 2 is 2.04 bits per heavy atom. The van der Waals surface area contributed by atoms with Crippen LogP contribution >= 0.6 is 11.6 Å². The summed E-state index contributed by atoms with van der Waals surface area (Å²) in [5.74, 6) is 0.115. The number of anilines is 1. The first-order chi connectivity index (χ1) is 10.8. The number of hydrogen-bond donors (Lipinski definition) is 1. The predicted octanol–water partition coefficient (Wildman–Crippen LogP) is 2.84. The van der Waals surface area contributed by atoms with Gasteiger partial charge >= 0.3 is 0 Å². The lowest BCUT2D eigenvalue weighted by atomic mass is 10.3. The molecule has 0 radical (unpaired) electrons. The summed E-state index contributed by atoms with van der Waals surface area (Å²) in [6, 6.07) is 7.67. The highest BCUT2D eigenvalue weighted by Crippen LogP contribution is 2.26. The number of nitrogens with zero attached hydrogens (tertiary/aromatic N) is 1. The minimum absolute atomic E-state index is 0.0722. The summed E-state index contributed by atoms with van der Waals surface area (Å²) in [7, 11) is -0.885. The Kier molecular flexibility index (Phi) is 5.25. The van der Waals surface area contributed by atoms with Gasteiger partial charge in [0.2, 0.25) is 15.9 Å². The van der Waals surface area contributed by atoms with Crippen LogP contribution in [0.2, 0.25) is 5.02 Å². The van der Waals surface area contributed by atoms with Crippen molar-refractivity contribution < 1.29 is 17.6 Å². The Balaban J connectivity index is 2.20. The molecule has 8 heteroatoms. The lowest BCUT2D eigenvalue weighted by Crippen LogP contribution is -2.22. The van der Waals surface area contributed by atoms with Crippen molar-refractivity contribution in [2.45, 2.75) is 4.90 Å². The molecule has 0 fully saturated rings. The molecule has 1 aromatic carbocycles. The van der Waals surface area contributed by atoms with Gasteiger partial charge in [-0.25, -0.2) is 12.7 Å². The Bertz CT molecular complexity index is 827. The van der Waals surface area contributed by atoms with E-state index in [0.29, 0.717) is 11.4 Å². The Hall–Kier alpha value is -2.09. The van der Waals surface area contributed by atoms with Gasteiger partial charge in [-0.3, -0.25) is 4.79 Å². The smallest absolute Gasteiger partial charge is 0.248 e. The first-order valence-electron chi connectivity index (χ1n) is 6.55. The average molecular weight is 355 g/mol. The molecule has 0 aliphatic rings. The first-order valence-corrected chi connectivity index (χ1v) is 8.37. The summed E-state index contributed by atoms with van der Waals surface area (Å²) < 4.78 is 30.5. The van der Waals surface area contributed by atoms with Crippen molar-refractivity contribution in [3.63, 3.8) is 0 Å². The van der Waals surface area contributed by atoms with E-state index >= 15 is 0 Å². The van der Waals surface area contributed by atoms with Crippen LogP contribution < -0.4 is 5.32 Å². The number of hydrogen-bond acceptors (Lipinski definition) is 4. The SMILES string of the molecule is CN(C)S(=O)(=O)c1cc(NC(=O)C=Cc2ccco2)ccc1Cl. The molecule has 1 heterocycles. The molecule has 0 bridgehead atoms. The second-order valence-electron chi connectivity index (χ2n) is 4.77. The summed E-state index contributed by atoms with van der Waals surface area (Å²) in [6.07, 6.45) is 4.28. The number of rotatable bonds is 5. The Morgan fingerprint density at radius 3 is 2.65 bits per heavy atom. The van der Waals surface area contributed by atoms with Crippen molar-refractivity contribution in [1.29, 1.82) is 0 Å². The van der Waals surface area contributed by atoms with Crippen LogP contribution in [-0.4, -0.2) is 32.7 Å². The van der Waals surface area contributed by atoms with E-state index in [2.05, 4.69) is 5.32 Å². The number of nitrogens with one attached hydrogen (secondary N) is 1. The molecule has 0 saturated heterocycles. The van der Waals surface area contributed by atoms with Crippen LogP contribution in [0.3, 0.4) is 0 Å². The lowest BCUT2D eigenvalue weighted by molar-refractivity contribution is -0.111. The highest BCUT2D eigenvalue weighted by Gasteiger charge is 2.21. The summed E-state index contributed by atoms with van der Waals surface area (Å²) in [6.45, 7) is 0. The van der Waals surface area contributed by atoms with E-state index in [-0.39, 0.29) is 9.92 Å². The zero-order valence-corrected chi connectivity index (χ0v) is 14.1. The van der Waals surface area contributed by atoms with Gasteiger partial charge in [0.15, 0.2) is 0 Å². The van der Waals surface area contributed by atoms with Crippen LogP contribution in [-0.2, 0) is 14.8 Å². The Morgan fingerprint density at radius 1 is 1.30 bits per heavy atom. The van der Waals surface area contributed by atoms with E-state index in [1.807, 2.05) is 0 Å². The van der Waals surface area contributed by atoms with Gasteiger partial charge in [0.25, 0.3) is 0 Å². The van der Waals surface area contributed by atoms with Gasteiger partial charge in [-0.05, 0) is 36.4 Å². The summed E-state index contributed by atoms with van der Waals surface area (Å²) in [4.78, 5) is 11.8. The van der Waals surface area contributed by atoms with Crippen LogP contribution in [0.4, 0.5) is 5.69 Å². The van der Waals surface area contributed by atoms with Gasteiger partial charge in [0.05, 0.1) is 11.3 Å². The summed E-state index contributed by atoms with van der Waals surface area (Å²) in [5.41, 5.74) is 0.323. The molecule has 0 saturated carbocycles. The number of amides is 1. The van der Waals surface area contributed by atoms with Crippen molar-refractivity contribution >= 4 is 39.3 Å². The molecule has 0 spiro atoms. The van der Waals surface area contributed by atoms with Crippen LogP contribution in [0, 0.1) is 0 Å². The maximum absolute atomic E-state index is 12.2. The normalized spacial score (nSPS) is 12.0. The molecule has 0 aliphatic heterocycles. The molecule has 2 rings (SSSR count). The standard InChI is InChI=1S/C15H15ClN2O4S/c1-18(2)23(20,21)14-10-11(5-7-13(14)16)17-15(19)8-6-12-4-3-9-22-12/h3-10H,1-2H3,(H,17,19). The van der Waals surface area contributed by atoms with E-state index < -0.39 is 15.9 Å². The Labute approximate surface area is 139 Å². The number of furan rings is 1. The summed E-state index contributed by atoms with van der Waals surface area (Å²) in [5, 5.41) is 2.66. The number of carbonyl (C=O) groups is 1. The molecular weight excluding hydrogens is 340 g/mol. The third kappa shape index (κ3) is 4.22. The number of carbonyl (C=O) groups excluding carboxylic acids is 1. The molecule has 23 heavy (non-hydrogen) atoms. The highest BCUT2D eigenvalue weighted by atomic mass is 35.5. The molecule has 6 nitrogen and oxygen atoms in total. The van der Waals surface area contributed by atoms with E-state index in [1.54, 1.807) is 12.1 Å². The van der Waals surface area contributed by atoms with Crippen molar-refractivity contribution in [1.82, 2.24) is 4.31 Å². The van der Waals surface area contributed by atoms with Gasteiger partial charge < -0.3 is 9.73 Å². The molecule has 1 aromatic heterocycles. The molecule has 1 N–H and O–H groups in total. The third-order valence-corrected chi connectivity index (χ3v) is 5.20. The van der Waals surface area contributed by atoms with Crippen molar-refractivity contribution in [3.8, 4) is 0 Å². The molecule has 0 aliphatic carbocycles. The van der Waals surface area contributed by atoms with E-state index in [1.165, 1.54) is 50.7 Å². The summed E-state index contributed by atoms with van der Waals surface area (Å²) >= 11 is 5.95. The van der Waals surface area contributed by atoms with Crippen LogP contribution in [0.15, 0.2) is 52.0 Å². The minimum atomic E-state index is -3.70. The second-order valence-corrected chi connectivity index (χ2v) is 7.30. The van der Waals surface area contributed by atoms with Gasteiger partial charge in [0.1, 0.15) is 10.7 Å². The van der Waals surface area contributed by atoms with Crippen molar-refractivity contribution in [2.75, 3.05) is 19.4 Å². The minimum Gasteiger partial charge on any atom is -0.465 e. The van der Waals surface area contributed by atoms with E-state index in [4.69, 9.17) is 16.0 Å². The molecule has 0 unspecified atom stereocenters. The quantitative estimate of drug-likeness (QED) is 0.837. The van der Waals surface area contributed by atoms with Gasteiger partial charge in [-0.15, -0.1) is 0 Å². The van der Waals surface area contributed by atoms with Gasteiger partial charge in [0, 0.05) is 25.9 Å². The fraction of sp³-hybridized carbons (Fsp3) is 0.133. The fourth-order valence-corrected chi connectivity index (χ4v) is 3.10. The number of halogens is 1. The third-order valence-electron chi connectivity index (χ3n) is 2.90. The number of benzene rings is 1. The van der Waals surface area contributed by atoms with Crippen molar-refractivity contribution in [2.24, 2.45) is 0 Å². The molecule has 0 atom stereocenters. The molecule has 2 aromatic rings. The predicted molar refractivity (Wildman–Crippen MR) is 88.7 cm³/mol. The first kappa shape index (κ1) is 17.3. The molecule has 1 amide bonds. The van der Waals surface area contributed by atoms with Crippen LogP contribution in [0.1, 0.15) is 5.76 Å². The largest absolute Gasteiger partial charge is 0.465 e. The maximum atomic E-state index is 12.2. The lowest BCUT2D eigenvalue weighted by Gasteiger charge is -2.14. The average Bonchev–Trinajstić information content (AvgIpc) is 3.00. The fourth-order valence-electron chi connectivity index (χ4n) is 1.70. The number of sulfonamides is 1. The monoisotopic (exact) mass is 354 g/mol. The molecular formula is C15H15ClN2O4S. The topological polar surface area (TPSA) is 79.6 Å². The zero-order valence-electron chi connectivity index (χ0n) is 12.5.